The van der Waals surface area contributed by atoms with Gasteiger partial charge < -0.3 is 4.74 Å². The summed E-state index contributed by atoms with van der Waals surface area (Å²) in [6.45, 7) is 3.92. The number of fused-ring (bicyclic) bond motifs is 1. The van der Waals surface area contributed by atoms with Gasteiger partial charge in [0.25, 0.3) is 5.91 Å². The lowest BCUT2D eigenvalue weighted by Crippen LogP contribution is -2.43. The number of sulfone groups is 1. The summed E-state index contributed by atoms with van der Waals surface area (Å²) in [6.07, 6.45) is 1.12. The number of carbonyl (C=O) groups is 1. The van der Waals surface area contributed by atoms with E-state index in [-0.39, 0.29) is 29.0 Å². The molecule has 7 nitrogen and oxygen atoms in total. The Morgan fingerprint density at radius 1 is 1.19 bits per heavy atom. The summed E-state index contributed by atoms with van der Waals surface area (Å²) in [4.78, 5) is 21.8. The maximum atomic E-state index is 13.6. The molecule has 3 aromatic rings. The standard InChI is InChI=1S/C21H22FN3O4S2.ClH/c1-31(27,28)17-5-2-15(3-6-17)20(26)25(9-8-24-10-12-29-13-11-24)21-23-18-7-4-16(22)14-19(18)30-21;/h2-7,14H,8-13H2,1H3;1H. The summed E-state index contributed by atoms with van der Waals surface area (Å²) in [7, 11) is -3.35. The molecule has 4 rings (SSSR count). The van der Waals surface area contributed by atoms with Gasteiger partial charge in [-0.15, -0.1) is 12.4 Å². The Hall–Kier alpha value is -2.11. The van der Waals surface area contributed by atoms with Gasteiger partial charge in [-0.1, -0.05) is 11.3 Å². The summed E-state index contributed by atoms with van der Waals surface area (Å²) < 4.78 is 43.1. The molecule has 0 N–H and O–H groups in total. The van der Waals surface area contributed by atoms with Crippen molar-refractivity contribution in [2.45, 2.75) is 4.90 Å². The summed E-state index contributed by atoms with van der Waals surface area (Å²) in [5, 5.41) is 0.478. The van der Waals surface area contributed by atoms with Gasteiger partial charge in [-0.2, -0.15) is 0 Å². The highest BCUT2D eigenvalue weighted by molar-refractivity contribution is 7.90. The minimum absolute atomic E-state index is 0. The van der Waals surface area contributed by atoms with Crippen molar-refractivity contribution in [3.8, 4) is 0 Å². The van der Waals surface area contributed by atoms with E-state index in [2.05, 4.69) is 9.88 Å². The molecule has 2 heterocycles. The second-order valence-electron chi connectivity index (χ2n) is 7.32. The van der Waals surface area contributed by atoms with Crippen molar-refractivity contribution in [3.05, 3.63) is 53.8 Å². The van der Waals surface area contributed by atoms with E-state index in [4.69, 9.17) is 4.74 Å². The third-order valence-corrected chi connectivity index (χ3v) is 7.26. The van der Waals surface area contributed by atoms with E-state index < -0.39 is 9.84 Å². The smallest absolute Gasteiger partial charge is 0.260 e. The second-order valence-corrected chi connectivity index (χ2v) is 10.3. The van der Waals surface area contributed by atoms with Crippen LogP contribution in [-0.2, 0) is 14.6 Å². The number of benzene rings is 2. The first-order valence-electron chi connectivity index (χ1n) is 9.79. The van der Waals surface area contributed by atoms with E-state index in [1.165, 1.54) is 47.7 Å². The highest BCUT2D eigenvalue weighted by Crippen LogP contribution is 2.30. The Balaban J connectivity index is 0.00000289. The van der Waals surface area contributed by atoms with Crippen LogP contribution in [0.15, 0.2) is 47.4 Å². The van der Waals surface area contributed by atoms with Gasteiger partial charge in [0.2, 0.25) is 0 Å². The lowest BCUT2D eigenvalue weighted by molar-refractivity contribution is 0.0391. The molecule has 0 radical (unpaired) electrons. The molecule has 172 valence electrons. The number of anilines is 1. The minimum atomic E-state index is -3.35. The summed E-state index contributed by atoms with van der Waals surface area (Å²) in [6, 6.07) is 10.2. The molecule has 11 heteroatoms. The van der Waals surface area contributed by atoms with Crippen LogP contribution in [0, 0.1) is 5.82 Å². The van der Waals surface area contributed by atoms with Crippen molar-refractivity contribution >= 4 is 54.8 Å². The van der Waals surface area contributed by atoms with Crippen molar-refractivity contribution in [2.24, 2.45) is 0 Å². The van der Waals surface area contributed by atoms with Crippen LogP contribution in [0.25, 0.3) is 10.2 Å². The lowest BCUT2D eigenvalue weighted by atomic mass is 10.2. The molecule has 0 spiro atoms. The van der Waals surface area contributed by atoms with E-state index in [0.29, 0.717) is 47.2 Å². The van der Waals surface area contributed by atoms with Gasteiger partial charge in [0, 0.05) is 38.0 Å². The Labute approximate surface area is 196 Å². The zero-order chi connectivity index (χ0) is 22.0. The fraction of sp³-hybridized carbons (Fsp3) is 0.333. The van der Waals surface area contributed by atoms with Gasteiger partial charge in [0.15, 0.2) is 15.0 Å². The van der Waals surface area contributed by atoms with E-state index >= 15 is 0 Å². The van der Waals surface area contributed by atoms with Crippen LogP contribution in [0.4, 0.5) is 9.52 Å². The first-order chi connectivity index (χ1) is 14.8. The molecule has 0 atom stereocenters. The normalized spacial score (nSPS) is 14.8. The summed E-state index contributed by atoms with van der Waals surface area (Å²) in [5.41, 5.74) is 0.984. The third-order valence-electron chi connectivity index (χ3n) is 5.09. The Morgan fingerprint density at radius 3 is 2.53 bits per heavy atom. The minimum Gasteiger partial charge on any atom is -0.379 e. The zero-order valence-corrected chi connectivity index (χ0v) is 19.8. The molecule has 0 bridgehead atoms. The number of halogens is 2. The number of nitrogens with zero attached hydrogens (tertiary/aromatic N) is 3. The maximum Gasteiger partial charge on any atom is 0.260 e. The molecule has 2 aromatic carbocycles. The van der Waals surface area contributed by atoms with Crippen LogP contribution in [0.3, 0.4) is 0 Å². The number of morpholine rings is 1. The molecule has 1 aromatic heterocycles. The molecule has 1 amide bonds. The number of hydrogen-bond donors (Lipinski definition) is 0. The van der Waals surface area contributed by atoms with Crippen LogP contribution in [0.5, 0.6) is 0 Å². The van der Waals surface area contributed by atoms with Crippen LogP contribution >= 0.6 is 23.7 Å². The fourth-order valence-electron chi connectivity index (χ4n) is 3.35. The van der Waals surface area contributed by atoms with Crippen molar-refractivity contribution in [1.29, 1.82) is 0 Å². The van der Waals surface area contributed by atoms with Crippen LogP contribution < -0.4 is 4.90 Å². The number of amides is 1. The topological polar surface area (TPSA) is 79.8 Å². The van der Waals surface area contributed by atoms with Gasteiger partial charge in [-0.3, -0.25) is 14.6 Å². The monoisotopic (exact) mass is 499 g/mol. The summed E-state index contributed by atoms with van der Waals surface area (Å²) in [5.74, 6) is -0.641. The van der Waals surface area contributed by atoms with Crippen molar-refractivity contribution < 1.29 is 22.3 Å². The fourth-order valence-corrected chi connectivity index (χ4v) is 5.00. The quantitative estimate of drug-likeness (QED) is 0.518. The van der Waals surface area contributed by atoms with Gasteiger partial charge in [-0.05, 0) is 42.5 Å². The molecule has 0 aliphatic carbocycles. The predicted octanol–water partition coefficient (Wildman–Crippen LogP) is 3.24. The highest BCUT2D eigenvalue weighted by atomic mass is 35.5. The Kier molecular flexibility index (Phi) is 7.84. The van der Waals surface area contributed by atoms with Gasteiger partial charge in [0.05, 0.1) is 28.3 Å². The van der Waals surface area contributed by atoms with Crippen LogP contribution in [0.1, 0.15) is 10.4 Å². The number of hydrogen-bond acceptors (Lipinski definition) is 7. The van der Waals surface area contributed by atoms with Crippen molar-refractivity contribution in [2.75, 3.05) is 50.5 Å². The molecule has 1 aliphatic rings. The van der Waals surface area contributed by atoms with Gasteiger partial charge in [0.1, 0.15) is 5.82 Å². The van der Waals surface area contributed by atoms with Crippen LogP contribution in [0.2, 0.25) is 0 Å². The number of rotatable bonds is 6. The van der Waals surface area contributed by atoms with E-state index in [9.17, 15) is 17.6 Å². The SMILES string of the molecule is CS(=O)(=O)c1ccc(C(=O)N(CCN2CCOCC2)c2nc3ccc(F)cc3s2)cc1.Cl. The number of ether oxygens (including phenoxy) is 1. The predicted molar refractivity (Wildman–Crippen MR) is 125 cm³/mol. The molecule has 0 unspecified atom stereocenters. The van der Waals surface area contributed by atoms with Crippen molar-refractivity contribution in [3.63, 3.8) is 0 Å². The molecular formula is C21H23ClFN3O4S2. The molecule has 0 saturated carbocycles. The van der Waals surface area contributed by atoms with Crippen molar-refractivity contribution in [1.82, 2.24) is 9.88 Å². The molecule has 1 aliphatic heterocycles. The maximum absolute atomic E-state index is 13.6. The third kappa shape index (κ3) is 5.62. The Morgan fingerprint density at radius 2 is 1.88 bits per heavy atom. The van der Waals surface area contributed by atoms with E-state index in [1.54, 1.807) is 11.0 Å². The van der Waals surface area contributed by atoms with E-state index in [0.717, 1.165) is 19.3 Å². The second kappa shape index (κ2) is 10.2. The molecule has 1 saturated heterocycles. The molecule has 1 fully saturated rings. The van der Waals surface area contributed by atoms with E-state index in [1.807, 2.05) is 0 Å². The number of thiazole rings is 1. The first kappa shape index (κ1) is 24.5. The summed E-state index contributed by atoms with van der Waals surface area (Å²) >= 11 is 1.25. The Bertz CT molecular complexity index is 1200. The molecule has 32 heavy (non-hydrogen) atoms. The van der Waals surface area contributed by atoms with Gasteiger partial charge >= 0.3 is 0 Å². The number of aromatic nitrogens is 1. The average molecular weight is 500 g/mol. The highest BCUT2D eigenvalue weighted by Gasteiger charge is 2.23. The first-order valence-corrected chi connectivity index (χ1v) is 12.5. The largest absolute Gasteiger partial charge is 0.379 e. The van der Waals surface area contributed by atoms with Gasteiger partial charge in [-0.25, -0.2) is 17.8 Å². The lowest BCUT2D eigenvalue weighted by Gasteiger charge is -2.29. The number of carbonyl (C=O) groups excluding carboxylic acids is 1. The van der Waals surface area contributed by atoms with Crippen LogP contribution in [-0.4, -0.2) is 69.9 Å². The zero-order valence-electron chi connectivity index (χ0n) is 17.4. The average Bonchev–Trinajstić information content (AvgIpc) is 3.16. The molecular weight excluding hydrogens is 477 g/mol.